The van der Waals surface area contributed by atoms with Gasteiger partial charge in [0, 0.05) is 12.6 Å². The molecule has 1 saturated carbocycles. The fourth-order valence-electron chi connectivity index (χ4n) is 4.59. The number of hydrogen-bond donors (Lipinski definition) is 1. The van der Waals surface area contributed by atoms with Gasteiger partial charge in [0.2, 0.25) is 5.91 Å². The zero-order valence-electron chi connectivity index (χ0n) is 12.3. The molecular formula is C16H28N2O. The molecule has 3 aliphatic rings. The minimum atomic E-state index is -0.223. The molecule has 0 spiro atoms. The van der Waals surface area contributed by atoms with E-state index in [1.807, 2.05) is 0 Å². The summed E-state index contributed by atoms with van der Waals surface area (Å²) in [4.78, 5) is 15.3. The number of carbonyl (C=O) groups is 1. The third-order valence-corrected chi connectivity index (χ3v) is 5.76. The Morgan fingerprint density at radius 2 is 2.00 bits per heavy atom. The lowest BCUT2D eigenvalue weighted by atomic mass is 9.77. The van der Waals surface area contributed by atoms with Crippen molar-refractivity contribution < 1.29 is 4.79 Å². The predicted molar refractivity (Wildman–Crippen MR) is 77.0 cm³/mol. The van der Waals surface area contributed by atoms with Crippen LogP contribution in [0.5, 0.6) is 0 Å². The lowest BCUT2D eigenvalue weighted by Gasteiger charge is -2.47. The van der Waals surface area contributed by atoms with E-state index in [-0.39, 0.29) is 5.54 Å². The number of rotatable bonds is 2. The van der Waals surface area contributed by atoms with Crippen molar-refractivity contribution in [3.63, 3.8) is 0 Å². The highest BCUT2D eigenvalue weighted by atomic mass is 16.2. The van der Waals surface area contributed by atoms with Crippen LogP contribution in [0.15, 0.2) is 0 Å². The highest BCUT2D eigenvalue weighted by molar-refractivity contribution is 5.87. The quantitative estimate of drug-likeness (QED) is 0.831. The van der Waals surface area contributed by atoms with E-state index in [1.165, 1.54) is 38.5 Å². The van der Waals surface area contributed by atoms with Crippen LogP contribution < -0.4 is 5.32 Å². The molecule has 0 aromatic rings. The first-order valence-corrected chi connectivity index (χ1v) is 8.33. The standard InChI is InChI=1S/C16H28N2O/c1-2-16(10-6-11-17-16)15(19)18-12-5-8-13-7-3-4-9-14(13)18/h13-14,17H,2-12H2,1H3. The number of nitrogens with zero attached hydrogens (tertiary/aromatic N) is 1. The summed E-state index contributed by atoms with van der Waals surface area (Å²) < 4.78 is 0. The van der Waals surface area contributed by atoms with Crippen LogP contribution in [-0.4, -0.2) is 35.5 Å². The maximum atomic E-state index is 13.1. The molecular weight excluding hydrogens is 236 g/mol. The van der Waals surface area contributed by atoms with Gasteiger partial charge in [0.25, 0.3) is 0 Å². The van der Waals surface area contributed by atoms with Crippen LogP contribution in [0.3, 0.4) is 0 Å². The van der Waals surface area contributed by atoms with E-state index in [9.17, 15) is 4.79 Å². The van der Waals surface area contributed by atoms with Gasteiger partial charge in [-0.1, -0.05) is 19.8 Å². The average molecular weight is 264 g/mol. The molecule has 3 fully saturated rings. The van der Waals surface area contributed by atoms with E-state index in [1.54, 1.807) is 0 Å². The monoisotopic (exact) mass is 264 g/mol. The summed E-state index contributed by atoms with van der Waals surface area (Å²) >= 11 is 0. The fraction of sp³-hybridized carbons (Fsp3) is 0.938. The Morgan fingerprint density at radius 3 is 2.74 bits per heavy atom. The molecule has 0 aromatic heterocycles. The second kappa shape index (κ2) is 5.43. The van der Waals surface area contributed by atoms with Gasteiger partial charge in [-0.25, -0.2) is 0 Å². The van der Waals surface area contributed by atoms with Crippen molar-refractivity contribution in [3.05, 3.63) is 0 Å². The number of nitrogens with one attached hydrogen (secondary N) is 1. The number of amides is 1. The van der Waals surface area contributed by atoms with Crippen molar-refractivity contribution in [3.8, 4) is 0 Å². The molecule has 3 nitrogen and oxygen atoms in total. The Kier molecular flexibility index (Phi) is 3.84. The Morgan fingerprint density at radius 1 is 1.21 bits per heavy atom. The van der Waals surface area contributed by atoms with Crippen LogP contribution in [0.25, 0.3) is 0 Å². The van der Waals surface area contributed by atoms with Crippen molar-refractivity contribution in [2.24, 2.45) is 5.92 Å². The highest BCUT2D eigenvalue weighted by Crippen LogP contribution is 2.37. The molecule has 0 bridgehead atoms. The van der Waals surface area contributed by atoms with E-state index >= 15 is 0 Å². The number of piperidine rings is 1. The smallest absolute Gasteiger partial charge is 0.243 e. The van der Waals surface area contributed by atoms with Crippen LogP contribution in [0.4, 0.5) is 0 Å². The molecule has 1 aliphatic carbocycles. The highest BCUT2D eigenvalue weighted by Gasteiger charge is 2.45. The Labute approximate surface area is 117 Å². The van der Waals surface area contributed by atoms with E-state index in [2.05, 4.69) is 17.1 Å². The number of likely N-dealkylation sites (tertiary alicyclic amines) is 1. The molecule has 3 unspecified atom stereocenters. The summed E-state index contributed by atoms with van der Waals surface area (Å²) in [5, 5.41) is 3.52. The summed E-state index contributed by atoms with van der Waals surface area (Å²) in [6, 6.07) is 0.556. The molecule has 2 saturated heterocycles. The first-order chi connectivity index (χ1) is 9.27. The number of fused-ring (bicyclic) bond motifs is 1. The lowest BCUT2D eigenvalue weighted by molar-refractivity contribution is -0.144. The van der Waals surface area contributed by atoms with Gasteiger partial charge in [-0.3, -0.25) is 4.79 Å². The van der Waals surface area contributed by atoms with Crippen LogP contribution in [-0.2, 0) is 4.79 Å². The van der Waals surface area contributed by atoms with Crippen molar-refractivity contribution in [2.75, 3.05) is 13.1 Å². The zero-order chi connectivity index (χ0) is 13.3. The molecule has 0 radical (unpaired) electrons. The lowest BCUT2D eigenvalue weighted by Crippen LogP contribution is -2.60. The molecule has 2 aliphatic heterocycles. The second-order valence-electron chi connectivity index (χ2n) is 6.72. The van der Waals surface area contributed by atoms with E-state index in [4.69, 9.17) is 0 Å². The predicted octanol–water partition coefficient (Wildman–Crippen LogP) is 2.70. The SMILES string of the molecule is CCC1(C(=O)N2CCCC3CCCCC32)CCCN1. The van der Waals surface area contributed by atoms with Gasteiger partial charge >= 0.3 is 0 Å². The second-order valence-corrected chi connectivity index (χ2v) is 6.72. The molecule has 3 heteroatoms. The van der Waals surface area contributed by atoms with Gasteiger partial charge < -0.3 is 10.2 Å². The van der Waals surface area contributed by atoms with Gasteiger partial charge in [0.1, 0.15) is 0 Å². The Bertz CT molecular complexity index is 334. The average Bonchev–Trinajstić information content (AvgIpc) is 2.96. The zero-order valence-corrected chi connectivity index (χ0v) is 12.3. The summed E-state index contributed by atoms with van der Waals surface area (Å²) in [6.45, 7) is 4.18. The summed E-state index contributed by atoms with van der Waals surface area (Å²) in [6.07, 6.45) is 11.0. The molecule has 3 rings (SSSR count). The maximum Gasteiger partial charge on any atom is 0.243 e. The minimum Gasteiger partial charge on any atom is -0.338 e. The number of hydrogen-bond acceptors (Lipinski definition) is 2. The van der Waals surface area contributed by atoms with Crippen molar-refractivity contribution in [1.82, 2.24) is 10.2 Å². The van der Waals surface area contributed by atoms with Crippen LogP contribution in [0.1, 0.15) is 64.7 Å². The third-order valence-electron chi connectivity index (χ3n) is 5.76. The maximum absolute atomic E-state index is 13.1. The Hall–Kier alpha value is -0.570. The van der Waals surface area contributed by atoms with E-state index < -0.39 is 0 Å². The minimum absolute atomic E-state index is 0.223. The topological polar surface area (TPSA) is 32.3 Å². The molecule has 0 aromatic carbocycles. The summed E-state index contributed by atoms with van der Waals surface area (Å²) in [5.41, 5.74) is -0.223. The van der Waals surface area contributed by atoms with Gasteiger partial charge in [-0.05, 0) is 57.4 Å². The van der Waals surface area contributed by atoms with Gasteiger partial charge in [-0.15, -0.1) is 0 Å². The fourth-order valence-corrected chi connectivity index (χ4v) is 4.59. The van der Waals surface area contributed by atoms with Crippen LogP contribution >= 0.6 is 0 Å². The first kappa shape index (κ1) is 13.4. The van der Waals surface area contributed by atoms with Gasteiger partial charge in [-0.2, -0.15) is 0 Å². The van der Waals surface area contributed by atoms with Crippen LogP contribution in [0.2, 0.25) is 0 Å². The normalized spacial score (nSPS) is 39.1. The summed E-state index contributed by atoms with van der Waals surface area (Å²) in [7, 11) is 0. The number of carbonyl (C=O) groups excluding carboxylic acids is 1. The largest absolute Gasteiger partial charge is 0.338 e. The third kappa shape index (κ3) is 2.31. The van der Waals surface area contributed by atoms with Crippen LogP contribution in [0, 0.1) is 5.92 Å². The van der Waals surface area contributed by atoms with Crippen molar-refractivity contribution >= 4 is 5.91 Å². The van der Waals surface area contributed by atoms with Gasteiger partial charge in [0.05, 0.1) is 5.54 Å². The molecule has 19 heavy (non-hydrogen) atoms. The van der Waals surface area contributed by atoms with Gasteiger partial charge in [0.15, 0.2) is 0 Å². The molecule has 1 amide bonds. The molecule has 2 heterocycles. The first-order valence-electron chi connectivity index (χ1n) is 8.33. The molecule has 1 N–H and O–H groups in total. The van der Waals surface area contributed by atoms with E-state index in [0.29, 0.717) is 11.9 Å². The van der Waals surface area contributed by atoms with Crippen molar-refractivity contribution in [2.45, 2.75) is 76.3 Å². The van der Waals surface area contributed by atoms with Crippen molar-refractivity contribution in [1.29, 1.82) is 0 Å². The van der Waals surface area contributed by atoms with E-state index in [0.717, 1.165) is 38.3 Å². The summed E-state index contributed by atoms with van der Waals surface area (Å²) in [5.74, 6) is 1.21. The Balaban J connectivity index is 1.77. The molecule has 3 atom stereocenters. The molecule has 108 valence electrons.